The molecule has 0 aromatic heterocycles. The average Bonchev–Trinajstić information content (AvgIpc) is 3.08. The molecule has 4 aromatic rings. The third-order valence-corrected chi connectivity index (χ3v) is 11.2. The van der Waals surface area contributed by atoms with Crippen LogP contribution in [0.25, 0.3) is 0 Å². The van der Waals surface area contributed by atoms with Crippen molar-refractivity contribution >= 4 is 19.7 Å². The summed E-state index contributed by atoms with van der Waals surface area (Å²) >= 11 is 0. The third-order valence-electron chi connectivity index (χ3n) is 7.64. The van der Waals surface area contributed by atoms with Gasteiger partial charge < -0.3 is 19.3 Å². The lowest BCUT2D eigenvalue weighted by molar-refractivity contribution is 0.299. The highest BCUT2D eigenvalue weighted by molar-refractivity contribution is 7.91. The molecule has 0 spiro atoms. The fraction of sp³-hybridized carbons (Fsp3) is 0.351. The monoisotopic (exact) mass is 680 g/mol. The molecule has 0 radical (unpaired) electrons. The van der Waals surface area contributed by atoms with Gasteiger partial charge in [0.2, 0.25) is 19.7 Å². The summed E-state index contributed by atoms with van der Waals surface area (Å²) in [5, 5.41) is 9.40. The highest BCUT2D eigenvalue weighted by Crippen LogP contribution is 2.26. The van der Waals surface area contributed by atoms with Gasteiger partial charge in [-0.05, 0) is 116 Å². The SMILES string of the molecule is CCCCOc1ccc(S(=O)(=O)c2ccc(OCCCCCCCCCOc3ccc(S(=O)(=O)c4ccc(O)cc4)cc3)cc2)cc1. The van der Waals surface area contributed by atoms with Crippen molar-refractivity contribution in [1.29, 1.82) is 0 Å². The van der Waals surface area contributed by atoms with Gasteiger partial charge >= 0.3 is 0 Å². The van der Waals surface area contributed by atoms with E-state index in [-0.39, 0.29) is 25.3 Å². The zero-order chi connectivity index (χ0) is 33.5. The molecule has 1 N–H and O–H groups in total. The first-order valence-electron chi connectivity index (χ1n) is 16.2. The molecule has 0 aliphatic carbocycles. The van der Waals surface area contributed by atoms with E-state index in [0.29, 0.717) is 37.1 Å². The molecule has 252 valence electrons. The van der Waals surface area contributed by atoms with Crippen LogP contribution >= 0.6 is 0 Å². The maximum absolute atomic E-state index is 13.0. The zero-order valence-electron chi connectivity index (χ0n) is 26.8. The minimum atomic E-state index is -3.65. The van der Waals surface area contributed by atoms with E-state index < -0.39 is 19.7 Å². The number of phenolic OH excluding ortho intramolecular Hbond substituents is 1. The number of aromatic hydroxyl groups is 1. The lowest BCUT2D eigenvalue weighted by Crippen LogP contribution is -2.03. The van der Waals surface area contributed by atoms with Crippen LogP contribution in [0.3, 0.4) is 0 Å². The number of phenols is 1. The van der Waals surface area contributed by atoms with Gasteiger partial charge in [0.15, 0.2) is 0 Å². The number of ether oxygens (including phenoxy) is 3. The summed E-state index contributed by atoms with van der Waals surface area (Å²) in [4.78, 5) is 0.763. The Hall–Kier alpha value is -4.02. The van der Waals surface area contributed by atoms with Crippen molar-refractivity contribution in [3.05, 3.63) is 97.1 Å². The van der Waals surface area contributed by atoms with Gasteiger partial charge in [0.05, 0.1) is 39.4 Å². The van der Waals surface area contributed by atoms with E-state index >= 15 is 0 Å². The lowest BCUT2D eigenvalue weighted by atomic mass is 10.1. The molecule has 8 nitrogen and oxygen atoms in total. The molecule has 0 unspecified atom stereocenters. The Morgan fingerprint density at radius 3 is 1.02 bits per heavy atom. The molecule has 47 heavy (non-hydrogen) atoms. The van der Waals surface area contributed by atoms with E-state index in [9.17, 15) is 21.9 Å². The number of sulfone groups is 2. The van der Waals surface area contributed by atoms with Crippen LogP contribution in [0.4, 0.5) is 0 Å². The first kappa shape index (κ1) is 35.8. The van der Waals surface area contributed by atoms with Crippen molar-refractivity contribution in [3.63, 3.8) is 0 Å². The minimum absolute atomic E-state index is 0.0159. The van der Waals surface area contributed by atoms with E-state index in [1.807, 2.05) is 0 Å². The van der Waals surface area contributed by atoms with Crippen molar-refractivity contribution in [2.75, 3.05) is 19.8 Å². The Kier molecular flexibility index (Phi) is 13.5. The van der Waals surface area contributed by atoms with Gasteiger partial charge in [-0.2, -0.15) is 0 Å². The topological polar surface area (TPSA) is 116 Å². The molecule has 0 amide bonds. The predicted molar refractivity (Wildman–Crippen MR) is 182 cm³/mol. The highest BCUT2D eigenvalue weighted by Gasteiger charge is 2.19. The van der Waals surface area contributed by atoms with Crippen molar-refractivity contribution in [3.8, 4) is 23.0 Å². The second-order valence-corrected chi connectivity index (χ2v) is 15.2. The molecule has 0 atom stereocenters. The van der Waals surface area contributed by atoms with Gasteiger partial charge in [-0.3, -0.25) is 0 Å². The number of hydrogen-bond acceptors (Lipinski definition) is 8. The summed E-state index contributed by atoms with van der Waals surface area (Å²) in [6, 6.07) is 25.0. The molecule has 0 saturated heterocycles. The first-order valence-corrected chi connectivity index (χ1v) is 19.1. The van der Waals surface area contributed by atoms with Gasteiger partial charge in [0.25, 0.3) is 0 Å². The molecule has 0 aliphatic heterocycles. The van der Waals surface area contributed by atoms with Gasteiger partial charge in [0, 0.05) is 0 Å². The predicted octanol–water partition coefficient (Wildman–Crippen LogP) is 8.43. The molecule has 0 bridgehead atoms. The highest BCUT2D eigenvalue weighted by atomic mass is 32.2. The standard InChI is InChI=1S/C37H44O8S2/c1-2-3-27-43-31-13-21-36(22-14-31)47(41,42)37-25-17-33(18-26-37)45-29-10-8-6-4-5-7-9-28-44-32-15-23-35(24-16-32)46(39,40)34-19-11-30(38)12-20-34/h11-26,38H,2-10,27-29H2,1H3. The average molecular weight is 681 g/mol. The summed E-state index contributed by atoms with van der Waals surface area (Å²) in [6.45, 7) is 3.85. The van der Waals surface area contributed by atoms with E-state index in [1.165, 1.54) is 36.4 Å². The van der Waals surface area contributed by atoms with Crippen LogP contribution in [-0.2, 0) is 19.7 Å². The Bertz CT molecular complexity index is 1720. The smallest absolute Gasteiger partial charge is 0.206 e. The molecular weight excluding hydrogens is 637 g/mol. The van der Waals surface area contributed by atoms with Crippen molar-refractivity contribution in [2.45, 2.75) is 84.3 Å². The lowest BCUT2D eigenvalue weighted by Gasteiger charge is -2.09. The number of benzene rings is 4. The fourth-order valence-corrected chi connectivity index (χ4v) is 7.37. The Labute approximate surface area is 279 Å². The molecule has 0 heterocycles. The maximum Gasteiger partial charge on any atom is 0.206 e. The third kappa shape index (κ3) is 10.8. The Balaban J connectivity index is 1.05. The van der Waals surface area contributed by atoms with Gasteiger partial charge in [-0.15, -0.1) is 0 Å². The van der Waals surface area contributed by atoms with Crippen molar-refractivity contribution in [1.82, 2.24) is 0 Å². The van der Waals surface area contributed by atoms with Crippen LogP contribution in [0.15, 0.2) is 117 Å². The molecule has 0 saturated carbocycles. The van der Waals surface area contributed by atoms with Gasteiger partial charge in [0.1, 0.15) is 23.0 Å². The molecule has 4 aromatic carbocycles. The van der Waals surface area contributed by atoms with Crippen molar-refractivity contribution < 1.29 is 36.2 Å². The van der Waals surface area contributed by atoms with E-state index in [1.54, 1.807) is 60.7 Å². The summed E-state index contributed by atoms with van der Waals surface area (Å²) in [7, 11) is -7.26. The quantitative estimate of drug-likeness (QED) is 0.0925. The molecular formula is C37H44O8S2. The van der Waals surface area contributed by atoms with Crippen LogP contribution in [-0.4, -0.2) is 41.8 Å². The van der Waals surface area contributed by atoms with Crippen LogP contribution in [0, 0.1) is 0 Å². The number of unbranched alkanes of at least 4 members (excludes halogenated alkanes) is 7. The van der Waals surface area contributed by atoms with Gasteiger partial charge in [-0.1, -0.05) is 45.4 Å². The van der Waals surface area contributed by atoms with Crippen molar-refractivity contribution in [2.24, 2.45) is 0 Å². The largest absolute Gasteiger partial charge is 0.508 e. The zero-order valence-corrected chi connectivity index (χ0v) is 28.5. The van der Waals surface area contributed by atoms with Crippen LogP contribution in [0.2, 0.25) is 0 Å². The first-order chi connectivity index (χ1) is 22.7. The van der Waals surface area contributed by atoms with Crippen LogP contribution < -0.4 is 14.2 Å². The van der Waals surface area contributed by atoms with Crippen LogP contribution in [0.1, 0.15) is 64.7 Å². The molecule has 0 fully saturated rings. The second kappa shape index (κ2) is 17.8. The maximum atomic E-state index is 13.0. The van der Waals surface area contributed by atoms with E-state index in [4.69, 9.17) is 14.2 Å². The normalized spacial score (nSPS) is 11.7. The molecule has 4 rings (SSSR count). The summed E-state index contributed by atoms with van der Waals surface area (Å²) in [5.74, 6) is 1.96. The summed E-state index contributed by atoms with van der Waals surface area (Å²) in [5.41, 5.74) is 0. The Morgan fingerprint density at radius 1 is 0.426 bits per heavy atom. The van der Waals surface area contributed by atoms with E-state index in [0.717, 1.165) is 57.8 Å². The van der Waals surface area contributed by atoms with Gasteiger partial charge in [-0.25, -0.2) is 16.8 Å². The Morgan fingerprint density at radius 2 is 0.702 bits per heavy atom. The number of hydrogen-bond donors (Lipinski definition) is 1. The summed E-state index contributed by atoms with van der Waals surface area (Å²) in [6.07, 6.45) is 9.29. The number of rotatable bonds is 20. The summed E-state index contributed by atoms with van der Waals surface area (Å²) < 4.78 is 68.7. The molecule has 0 aliphatic rings. The molecule has 10 heteroatoms. The van der Waals surface area contributed by atoms with E-state index in [2.05, 4.69) is 6.92 Å². The second-order valence-electron chi connectivity index (χ2n) is 11.3. The minimum Gasteiger partial charge on any atom is -0.508 e. The van der Waals surface area contributed by atoms with Crippen LogP contribution in [0.5, 0.6) is 23.0 Å². The fourth-order valence-electron chi connectivity index (χ4n) is 4.84.